The van der Waals surface area contributed by atoms with Crippen molar-refractivity contribution in [2.75, 3.05) is 26.7 Å². The SMILES string of the molecule is COc1ccc2c(Cc3nc4c(ccc5[nH]cc(C6CN7CCC6CC7)c54)[nH]3)c[nH]c2c1. The summed E-state index contributed by atoms with van der Waals surface area (Å²) >= 11 is 0. The van der Waals surface area contributed by atoms with E-state index in [1.165, 1.54) is 59.9 Å². The van der Waals surface area contributed by atoms with Gasteiger partial charge in [0.2, 0.25) is 0 Å². The summed E-state index contributed by atoms with van der Waals surface area (Å²) in [4.78, 5) is 18.3. The number of hydrogen-bond acceptors (Lipinski definition) is 3. The Bertz CT molecular complexity index is 1450. The molecule has 0 radical (unpaired) electrons. The van der Waals surface area contributed by atoms with Crippen molar-refractivity contribution in [1.29, 1.82) is 0 Å². The highest BCUT2D eigenvalue weighted by Crippen LogP contribution is 2.42. The average molecular weight is 426 g/mol. The quantitative estimate of drug-likeness (QED) is 0.382. The molecule has 3 fully saturated rings. The molecule has 2 aromatic carbocycles. The molecule has 5 aromatic rings. The van der Waals surface area contributed by atoms with E-state index in [2.05, 4.69) is 50.4 Å². The maximum atomic E-state index is 5.36. The van der Waals surface area contributed by atoms with Gasteiger partial charge in [-0.3, -0.25) is 0 Å². The van der Waals surface area contributed by atoms with Crippen LogP contribution in [0, 0.1) is 5.92 Å². The van der Waals surface area contributed by atoms with Crippen LogP contribution in [0.3, 0.4) is 0 Å². The molecule has 3 aromatic heterocycles. The van der Waals surface area contributed by atoms with E-state index in [9.17, 15) is 0 Å². The second-order valence-electron chi connectivity index (χ2n) is 9.46. The first-order chi connectivity index (χ1) is 15.8. The zero-order valence-electron chi connectivity index (χ0n) is 18.2. The van der Waals surface area contributed by atoms with E-state index < -0.39 is 0 Å². The predicted molar refractivity (Wildman–Crippen MR) is 128 cm³/mol. The van der Waals surface area contributed by atoms with Crippen molar-refractivity contribution in [3.8, 4) is 5.75 Å². The molecule has 3 aliphatic heterocycles. The van der Waals surface area contributed by atoms with E-state index in [4.69, 9.17) is 9.72 Å². The number of hydrogen-bond donors (Lipinski definition) is 3. The number of ether oxygens (including phenoxy) is 1. The number of piperidine rings is 3. The molecule has 6 nitrogen and oxygen atoms in total. The average Bonchev–Trinajstić information content (AvgIpc) is 3.55. The van der Waals surface area contributed by atoms with Gasteiger partial charge >= 0.3 is 0 Å². The van der Waals surface area contributed by atoms with E-state index in [1.807, 2.05) is 12.1 Å². The van der Waals surface area contributed by atoms with E-state index in [0.29, 0.717) is 5.92 Å². The molecule has 3 aliphatic rings. The van der Waals surface area contributed by atoms with Crippen LogP contribution < -0.4 is 4.74 Å². The molecule has 1 atom stereocenters. The number of fused-ring (bicyclic) bond motifs is 7. The Morgan fingerprint density at radius 1 is 1.03 bits per heavy atom. The van der Waals surface area contributed by atoms with Crippen molar-refractivity contribution >= 4 is 32.8 Å². The molecule has 3 saturated heterocycles. The largest absolute Gasteiger partial charge is 0.497 e. The van der Waals surface area contributed by atoms with Gasteiger partial charge in [0.1, 0.15) is 11.6 Å². The lowest BCUT2D eigenvalue weighted by Crippen LogP contribution is -2.46. The Balaban J connectivity index is 1.29. The third-order valence-electron chi connectivity index (χ3n) is 7.76. The number of H-pyrrole nitrogens is 3. The van der Waals surface area contributed by atoms with E-state index >= 15 is 0 Å². The topological polar surface area (TPSA) is 72.7 Å². The molecule has 6 heteroatoms. The number of nitrogens with zero attached hydrogens (tertiary/aromatic N) is 2. The summed E-state index contributed by atoms with van der Waals surface area (Å²) < 4.78 is 5.36. The lowest BCUT2D eigenvalue weighted by molar-refractivity contribution is 0.0877. The maximum absolute atomic E-state index is 5.36. The van der Waals surface area contributed by atoms with Gasteiger partial charge in [0.05, 0.1) is 18.1 Å². The summed E-state index contributed by atoms with van der Waals surface area (Å²) in [5.74, 6) is 3.28. The number of aromatic amines is 3. The van der Waals surface area contributed by atoms with Crippen molar-refractivity contribution in [2.45, 2.75) is 25.2 Å². The van der Waals surface area contributed by atoms with Gasteiger partial charge in [-0.15, -0.1) is 0 Å². The number of methoxy groups -OCH3 is 1. The van der Waals surface area contributed by atoms with Crippen LogP contribution in [0.2, 0.25) is 0 Å². The molecular weight excluding hydrogens is 398 g/mol. The lowest BCUT2D eigenvalue weighted by atomic mass is 9.75. The van der Waals surface area contributed by atoms with Crippen LogP contribution >= 0.6 is 0 Å². The highest BCUT2D eigenvalue weighted by atomic mass is 16.5. The molecule has 6 heterocycles. The van der Waals surface area contributed by atoms with Crippen molar-refractivity contribution < 1.29 is 4.74 Å². The number of aromatic nitrogens is 4. The van der Waals surface area contributed by atoms with Crippen LogP contribution in [0.25, 0.3) is 32.8 Å². The molecule has 0 aliphatic carbocycles. The predicted octanol–water partition coefficient (Wildman–Crippen LogP) is 4.93. The second-order valence-corrected chi connectivity index (χ2v) is 9.46. The number of nitrogens with one attached hydrogen (secondary N) is 3. The lowest BCUT2D eigenvalue weighted by Gasteiger charge is -2.44. The fourth-order valence-corrected chi connectivity index (χ4v) is 6.08. The highest BCUT2D eigenvalue weighted by Gasteiger charge is 2.36. The number of imidazole rings is 1. The Morgan fingerprint density at radius 3 is 2.69 bits per heavy atom. The minimum absolute atomic E-state index is 0.612. The minimum atomic E-state index is 0.612. The van der Waals surface area contributed by atoms with Crippen LogP contribution in [0.5, 0.6) is 5.75 Å². The molecule has 0 spiro atoms. The molecule has 0 saturated carbocycles. The van der Waals surface area contributed by atoms with Crippen LogP contribution in [-0.2, 0) is 6.42 Å². The Labute approximate surface area is 186 Å². The molecule has 32 heavy (non-hydrogen) atoms. The summed E-state index contributed by atoms with van der Waals surface area (Å²) in [5, 5.41) is 2.53. The van der Waals surface area contributed by atoms with Crippen LogP contribution in [0.4, 0.5) is 0 Å². The molecule has 162 valence electrons. The third kappa shape index (κ3) is 2.72. The summed E-state index contributed by atoms with van der Waals surface area (Å²) in [7, 11) is 1.70. The van der Waals surface area contributed by atoms with Gasteiger partial charge in [-0.1, -0.05) is 0 Å². The Hall–Kier alpha value is -3.25. The zero-order chi connectivity index (χ0) is 21.2. The van der Waals surface area contributed by atoms with E-state index in [-0.39, 0.29) is 0 Å². The van der Waals surface area contributed by atoms with Crippen molar-refractivity contribution in [3.05, 3.63) is 59.7 Å². The molecular formula is C26H27N5O. The first-order valence-corrected chi connectivity index (χ1v) is 11.6. The number of rotatable bonds is 4. The van der Waals surface area contributed by atoms with Gasteiger partial charge in [-0.05, 0) is 67.2 Å². The zero-order valence-corrected chi connectivity index (χ0v) is 18.2. The summed E-state index contributed by atoms with van der Waals surface area (Å²) in [6.07, 6.45) is 7.75. The van der Waals surface area contributed by atoms with Gasteiger partial charge in [-0.25, -0.2) is 4.98 Å². The fraction of sp³-hybridized carbons (Fsp3) is 0.346. The van der Waals surface area contributed by atoms with Crippen LogP contribution in [-0.4, -0.2) is 51.6 Å². The van der Waals surface area contributed by atoms with Crippen molar-refractivity contribution in [1.82, 2.24) is 24.8 Å². The van der Waals surface area contributed by atoms with E-state index in [0.717, 1.165) is 40.5 Å². The van der Waals surface area contributed by atoms with Gasteiger partial charge in [0, 0.05) is 59.1 Å². The first-order valence-electron chi connectivity index (χ1n) is 11.6. The van der Waals surface area contributed by atoms with Crippen LogP contribution in [0.15, 0.2) is 42.7 Å². The number of benzene rings is 2. The molecule has 2 bridgehead atoms. The van der Waals surface area contributed by atoms with Gasteiger partial charge in [-0.2, -0.15) is 0 Å². The van der Waals surface area contributed by atoms with Gasteiger partial charge in [0.15, 0.2) is 0 Å². The molecule has 3 N–H and O–H groups in total. The molecule has 0 amide bonds. The smallest absolute Gasteiger partial charge is 0.120 e. The highest BCUT2D eigenvalue weighted by molar-refractivity contribution is 6.05. The van der Waals surface area contributed by atoms with Gasteiger partial charge < -0.3 is 24.6 Å². The van der Waals surface area contributed by atoms with Crippen LogP contribution in [0.1, 0.15) is 35.7 Å². The minimum Gasteiger partial charge on any atom is -0.497 e. The molecule has 1 unspecified atom stereocenters. The van der Waals surface area contributed by atoms with Gasteiger partial charge in [0.25, 0.3) is 0 Å². The normalized spacial score (nSPS) is 23.0. The summed E-state index contributed by atoms with van der Waals surface area (Å²) in [5.41, 5.74) is 7.21. The summed E-state index contributed by atoms with van der Waals surface area (Å²) in [6.45, 7) is 3.72. The standard InChI is InChI=1S/C26H27N5O/c1-32-17-2-3-18-16(12-27-23(18)11-17)10-24-29-22-5-4-21-25(26(22)30-24)19(13-28-21)20-14-31-8-6-15(20)7-9-31/h2-5,11-13,15,20,27-28H,6-10,14H2,1H3,(H,29,30). The summed E-state index contributed by atoms with van der Waals surface area (Å²) in [6, 6.07) is 10.5. The Morgan fingerprint density at radius 2 is 1.88 bits per heavy atom. The fourth-order valence-electron chi connectivity index (χ4n) is 6.08. The van der Waals surface area contributed by atoms with Crippen molar-refractivity contribution in [3.63, 3.8) is 0 Å². The molecule has 8 rings (SSSR count). The second kappa shape index (κ2) is 6.87. The van der Waals surface area contributed by atoms with Crippen molar-refractivity contribution in [2.24, 2.45) is 5.92 Å². The Kier molecular flexibility index (Phi) is 3.94. The first kappa shape index (κ1) is 18.3. The monoisotopic (exact) mass is 425 g/mol. The third-order valence-corrected chi connectivity index (χ3v) is 7.76. The maximum Gasteiger partial charge on any atom is 0.120 e. The van der Waals surface area contributed by atoms with E-state index in [1.54, 1.807) is 7.11 Å².